The van der Waals surface area contributed by atoms with Crippen LogP contribution >= 0.6 is 0 Å². The van der Waals surface area contributed by atoms with Crippen LogP contribution in [0.4, 0.5) is 0 Å². The van der Waals surface area contributed by atoms with E-state index in [9.17, 15) is 4.79 Å². The summed E-state index contributed by atoms with van der Waals surface area (Å²) in [7, 11) is 0. The molecule has 1 spiro atoms. The molecule has 0 bridgehead atoms. The summed E-state index contributed by atoms with van der Waals surface area (Å²) in [4.78, 5) is 25.7. The first-order valence-electron chi connectivity index (χ1n) is 9.50. The fourth-order valence-electron chi connectivity index (χ4n) is 4.46. The van der Waals surface area contributed by atoms with E-state index in [1.165, 1.54) is 18.4 Å². The second-order valence-corrected chi connectivity index (χ2v) is 7.78. The molecule has 2 aliphatic rings. The predicted octanol–water partition coefficient (Wildman–Crippen LogP) is 2.53. The molecule has 5 nitrogen and oxygen atoms in total. The standard InChI is InChI=1S/C21H26N4O/c26-20(12-18-4-1-8-22-13-18)25-10-3-6-21(17-25)7-11-24(16-21)15-19-5-2-9-23-14-19/h1-2,4-5,8-9,13-14H,3,6-7,10-12,15-17H2. The minimum atomic E-state index is 0.239. The molecule has 2 fully saturated rings. The third-order valence-corrected chi connectivity index (χ3v) is 5.74. The van der Waals surface area contributed by atoms with E-state index in [0.29, 0.717) is 6.42 Å². The van der Waals surface area contributed by atoms with E-state index in [1.807, 2.05) is 30.6 Å². The van der Waals surface area contributed by atoms with Gasteiger partial charge in [-0.15, -0.1) is 0 Å². The third kappa shape index (κ3) is 3.93. The molecule has 2 aromatic heterocycles. The Bertz CT molecular complexity index is 736. The van der Waals surface area contributed by atoms with Crippen LogP contribution in [0.1, 0.15) is 30.4 Å². The highest BCUT2D eigenvalue weighted by molar-refractivity contribution is 5.78. The van der Waals surface area contributed by atoms with Gasteiger partial charge >= 0.3 is 0 Å². The Hall–Kier alpha value is -2.27. The minimum Gasteiger partial charge on any atom is -0.342 e. The van der Waals surface area contributed by atoms with Crippen molar-refractivity contribution in [3.8, 4) is 0 Å². The maximum Gasteiger partial charge on any atom is 0.227 e. The molecule has 26 heavy (non-hydrogen) atoms. The van der Waals surface area contributed by atoms with Crippen molar-refractivity contribution in [2.45, 2.75) is 32.2 Å². The van der Waals surface area contributed by atoms with Gasteiger partial charge in [-0.1, -0.05) is 12.1 Å². The lowest BCUT2D eigenvalue weighted by atomic mass is 9.79. The van der Waals surface area contributed by atoms with E-state index in [2.05, 4.69) is 25.8 Å². The summed E-state index contributed by atoms with van der Waals surface area (Å²) in [5.41, 5.74) is 2.54. The SMILES string of the molecule is O=C(Cc1cccnc1)N1CCCC2(CCN(Cc3cccnc3)C2)C1. The zero-order valence-corrected chi connectivity index (χ0v) is 15.2. The van der Waals surface area contributed by atoms with Crippen LogP contribution in [0.2, 0.25) is 0 Å². The summed E-state index contributed by atoms with van der Waals surface area (Å²) in [6, 6.07) is 8.02. The summed E-state index contributed by atoms with van der Waals surface area (Å²) in [5.74, 6) is 0.239. The zero-order chi connectivity index (χ0) is 17.8. The molecule has 4 heterocycles. The number of amides is 1. The molecule has 0 N–H and O–H groups in total. The topological polar surface area (TPSA) is 49.3 Å². The van der Waals surface area contributed by atoms with E-state index in [-0.39, 0.29) is 11.3 Å². The molecule has 2 aliphatic heterocycles. The Balaban J connectivity index is 1.36. The molecule has 5 heteroatoms. The number of rotatable bonds is 4. The number of likely N-dealkylation sites (tertiary alicyclic amines) is 2. The molecule has 4 rings (SSSR count). The van der Waals surface area contributed by atoms with Crippen molar-refractivity contribution in [3.05, 3.63) is 60.2 Å². The maximum absolute atomic E-state index is 12.8. The Morgan fingerprint density at radius 2 is 1.77 bits per heavy atom. The van der Waals surface area contributed by atoms with Crippen LogP contribution in [0.3, 0.4) is 0 Å². The lowest BCUT2D eigenvalue weighted by Crippen LogP contribution is -2.47. The van der Waals surface area contributed by atoms with Gasteiger partial charge in [0.25, 0.3) is 0 Å². The lowest BCUT2D eigenvalue weighted by Gasteiger charge is -2.40. The fourth-order valence-corrected chi connectivity index (χ4v) is 4.46. The monoisotopic (exact) mass is 350 g/mol. The Morgan fingerprint density at radius 1 is 1.00 bits per heavy atom. The molecule has 1 atom stereocenters. The average Bonchev–Trinajstić information content (AvgIpc) is 3.05. The third-order valence-electron chi connectivity index (χ3n) is 5.74. The smallest absolute Gasteiger partial charge is 0.227 e. The van der Waals surface area contributed by atoms with Crippen LogP contribution in [0.25, 0.3) is 0 Å². The molecule has 0 aliphatic carbocycles. The summed E-state index contributed by atoms with van der Waals surface area (Å²) < 4.78 is 0. The molecule has 0 saturated carbocycles. The summed E-state index contributed by atoms with van der Waals surface area (Å²) in [6.45, 7) is 4.94. The van der Waals surface area contributed by atoms with Gasteiger partial charge in [0.15, 0.2) is 0 Å². The highest BCUT2D eigenvalue weighted by atomic mass is 16.2. The number of hydrogen-bond acceptors (Lipinski definition) is 4. The van der Waals surface area contributed by atoms with Crippen LogP contribution < -0.4 is 0 Å². The first kappa shape index (κ1) is 17.2. The molecule has 2 aromatic rings. The second kappa shape index (κ2) is 7.54. The number of carbonyl (C=O) groups is 1. The maximum atomic E-state index is 12.8. The van der Waals surface area contributed by atoms with Gasteiger partial charge in [-0.05, 0) is 49.1 Å². The van der Waals surface area contributed by atoms with Gasteiger partial charge in [-0.25, -0.2) is 0 Å². The highest BCUT2D eigenvalue weighted by Gasteiger charge is 2.42. The summed E-state index contributed by atoms with van der Waals surface area (Å²) in [5, 5.41) is 0. The minimum absolute atomic E-state index is 0.239. The molecule has 1 amide bonds. The van der Waals surface area contributed by atoms with Crippen molar-refractivity contribution in [2.24, 2.45) is 5.41 Å². The van der Waals surface area contributed by atoms with E-state index >= 15 is 0 Å². The van der Waals surface area contributed by atoms with Crippen molar-refractivity contribution in [2.75, 3.05) is 26.2 Å². The number of carbonyl (C=O) groups excluding carboxylic acids is 1. The molecular formula is C21H26N4O. The first-order valence-corrected chi connectivity index (χ1v) is 9.50. The summed E-state index contributed by atoms with van der Waals surface area (Å²) in [6.07, 6.45) is 11.3. The van der Waals surface area contributed by atoms with Gasteiger partial charge in [-0.2, -0.15) is 0 Å². The van der Waals surface area contributed by atoms with Crippen molar-refractivity contribution >= 4 is 5.91 Å². The van der Waals surface area contributed by atoms with Gasteiger partial charge in [0.1, 0.15) is 0 Å². The summed E-state index contributed by atoms with van der Waals surface area (Å²) >= 11 is 0. The van der Waals surface area contributed by atoms with E-state index in [4.69, 9.17) is 0 Å². The average molecular weight is 350 g/mol. The van der Waals surface area contributed by atoms with Crippen LogP contribution in [0.5, 0.6) is 0 Å². The number of nitrogens with zero attached hydrogens (tertiary/aromatic N) is 4. The van der Waals surface area contributed by atoms with Gasteiger partial charge in [0, 0.05) is 56.4 Å². The van der Waals surface area contributed by atoms with Crippen molar-refractivity contribution in [1.29, 1.82) is 0 Å². The van der Waals surface area contributed by atoms with Gasteiger partial charge < -0.3 is 4.90 Å². The molecule has 1 unspecified atom stereocenters. The van der Waals surface area contributed by atoms with Gasteiger partial charge in [0.2, 0.25) is 5.91 Å². The number of pyridine rings is 2. The largest absolute Gasteiger partial charge is 0.342 e. The molecule has 0 radical (unpaired) electrons. The molecule has 0 aromatic carbocycles. The zero-order valence-electron chi connectivity index (χ0n) is 15.2. The van der Waals surface area contributed by atoms with Gasteiger partial charge in [0.05, 0.1) is 6.42 Å². The van der Waals surface area contributed by atoms with Crippen LogP contribution in [0.15, 0.2) is 49.1 Å². The molecular weight excluding hydrogens is 324 g/mol. The number of hydrogen-bond donors (Lipinski definition) is 0. The van der Waals surface area contributed by atoms with Crippen LogP contribution in [0, 0.1) is 5.41 Å². The Labute approximate surface area is 155 Å². The number of piperidine rings is 1. The fraction of sp³-hybridized carbons (Fsp3) is 0.476. The number of aromatic nitrogens is 2. The van der Waals surface area contributed by atoms with Crippen molar-refractivity contribution in [1.82, 2.24) is 19.8 Å². The van der Waals surface area contributed by atoms with E-state index in [0.717, 1.165) is 44.7 Å². The van der Waals surface area contributed by atoms with Crippen molar-refractivity contribution in [3.63, 3.8) is 0 Å². The van der Waals surface area contributed by atoms with E-state index in [1.54, 1.807) is 12.4 Å². The quantitative estimate of drug-likeness (QED) is 0.850. The molecule has 2 saturated heterocycles. The van der Waals surface area contributed by atoms with Crippen molar-refractivity contribution < 1.29 is 4.79 Å². The Kier molecular flexibility index (Phi) is 4.98. The normalized spacial score (nSPS) is 23.5. The Morgan fingerprint density at radius 3 is 2.50 bits per heavy atom. The predicted molar refractivity (Wildman–Crippen MR) is 100 cm³/mol. The van der Waals surface area contributed by atoms with E-state index < -0.39 is 0 Å². The van der Waals surface area contributed by atoms with Crippen LogP contribution in [-0.4, -0.2) is 51.9 Å². The highest BCUT2D eigenvalue weighted by Crippen LogP contribution is 2.39. The molecule has 136 valence electrons. The lowest BCUT2D eigenvalue weighted by molar-refractivity contribution is -0.133. The second-order valence-electron chi connectivity index (χ2n) is 7.78. The first-order chi connectivity index (χ1) is 12.7. The van der Waals surface area contributed by atoms with Crippen LogP contribution in [-0.2, 0) is 17.8 Å². The van der Waals surface area contributed by atoms with Gasteiger partial charge in [-0.3, -0.25) is 19.7 Å².